The number of carbonyl (C=O) groups excluding carboxylic acids is 2. The van der Waals surface area contributed by atoms with Gasteiger partial charge in [-0.3, -0.25) is 9.59 Å². The van der Waals surface area contributed by atoms with Crippen molar-refractivity contribution in [2.24, 2.45) is 11.8 Å². The summed E-state index contributed by atoms with van der Waals surface area (Å²) in [6, 6.07) is 17.1. The summed E-state index contributed by atoms with van der Waals surface area (Å²) in [5, 5.41) is 3.45. The molecule has 5 rings (SSSR count). The quantitative estimate of drug-likeness (QED) is 0.772. The molecule has 2 amide bonds. The van der Waals surface area contributed by atoms with Gasteiger partial charge in [-0.15, -0.1) is 0 Å². The monoisotopic (exact) mass is 408 g/mol. The van der Waals surface area contributed by atoms with Crippen LogP contribution in [0.2, 0.25) is 5.02 Å². The van der Waals surface area contributed by atoms with Crippen LogP contribution in [-0.4, -0.2) is 41.5 Å². The molecule has 1 N–H and O–H groups in total. The average Bonchev–Trinajstić information content (AvgIpc) is 3.35. The van der Waals surface area contributed by atoms with E-state index in [2.05, 4.69) is 17.4 Å². The molecule has 2 bridgehead atoms. The third kappa shape index (κ3) is 3.15. The Morgan fingerprint density at radius 2 is 2.03 bits per heavy atom. The smallest absolute Gasteiger partial charge is 0.231 e. The van der Waals surface area contributed by atoms with Crippen LogP contribution in [0.1, 0.15) is 5.56 Å². The Kier molecular flexibility index (Phi) is 4.45. The van der Waals surface area contributed by atoms with Gasteiger partial charge in [0.2, 0.25) is 11.8 Å². The zero-order chi connectivity index (χ0) is 20.0. The molecule has 3 heterocycles. The lowest BCUT2D eigenvalue weighted by Gasteiger charge is -2.23. The lowest BCUT2D eigenvalue weighted by atomic mass is 9.77. The number of carbonyl (C=O) groups is 2. The first-order valence-electron chi connectivity index (χ1n) is 9.82. The van der Waals surface area contributed by atoms with Gasteiger partial charge in [-0.25, -0.2) is 0 Å². The topological polar surface area (TPSA) is 58.6 Å². The first kappa shape index (κ1) is 18.4. The zero-order valence-electron chi connectivity index (χ0n) is 15.8. The Morgan fingerprint density at radius 1 is 1.21 bits per heavy atom. The van der Waals surface area contributed by atoms with Gasteiger partial charge >= 0.3 is 0 Å². The van der Waals surface area contributed by atoms with Gasteiger partial charge in [-0.05, 0) is 30.2 Å². The second-order valence-electron chi connectivity index (χ2n) is 7.89. The minimum absolute atomic E-state index is 0.000903. The molecule has 0 aliphatic carbocycles. The number of anilines is 1. The number of ether oxygens (including phenoxy) is 1. The molecular weight excluding hydrogens is 388 g/mol. The number of halogens is 1. The Morgan fingerprint density at radius 3 is 2.83 bits per heavy atom. The van der Waals surface area contributed by atoms with Crippen LogP contribution in [-0.2, 0) is 20.7 Å². The standard InChI is InChI=1S/C23H21ClN2O3/c24-16-7-4-8-17(13-16)25-21(27)19-18-9-11-23(29-18)14-26(22(28)20(19)23)12-10-15-5-2-1-3-6-15/h1-9,11,13,18-20H,10,12,14H2,(H,25,27)/t18-,19-,20+,23-/m1/s1. The van der Waals surface area contributed by atoms with Crippen molar-refractivity contribution < 1.29 is 14.3 Å². The van der Waals surface area contributed by atoms with Gasteiger partial charge in [0.15, 0.2) is 0 Å². The maximum absolute atomic E-state index is 13.2. The highest BCUT2D eigenvalue weighted by molar-refractivity contribution is 6.30. The molecule has 0 radical (unpaired) electrons. The number of fused-ring (bicyclic) bond motifs is 1. The van der Waals surface area contributed by atoms with Crippen molar-refractivity contribution >= 4 is 29.1 Å². The van der Waals surface area contributed by atoms with Crippen LogP contribution < -0.4 is 5.32 Å². The minimum atomic E-state index is -0.686. The van der Waals surface area contributed by atoms with Crippen LogP contribution >= 0.6 is 11.6 Å². The third-order valence-corrected chi connectivity index (χ3v) is 6.32. The largest absolute Gasteiger partial charge is 0.360 e. The third-order valence-electron chi connectivity index (χ3n) is 6.09. The van der Waals surface area contributed by atoms with Crippen molar-refractivity contribution in [2.75, 3.05) is 18.4 Å². The lowest BCUT2D eigenvalue weighted by Crippen LogP contribution is -2.41. The molecule has 5 nitrogen and oxygen atoms in total. The fraction of sp³-hybridized carbons (Fsp3) is 0.304. The predicted molar refractivity (Wildman–Crippen MR) is 111 cm³/mol. The van der Waals surface area contributed by atoms with E-state index in [0.29, 0.717) is 23.8 Å². The molecule has 3 aliphatic rings. The highest BCUT2D eigenvalue weighted by atomic mass is 35.5. The molecule has 2 fully saturated rings. The van der Waals surface area contributed by atoms with Crippen LogP contribution in [0, 0.1) is 11.8 Å². The molecule has 4 atom stereocenters. The summed E-state index contributed by atoms with van der Waals surface area (Å²) in [6.07, 6.45) is 4.32. The molecule has 3 aliphatic heterocycles. The summed E-state index contributed by atoms with van der Waals surface area (Å²) in [5.41, 5.74) is 1.12. The van der Waals surface area contributed by atoms with E-state index in [4.69, 9.17) is 16.3 Å². The Bertz CT molecular complexity index is 993. The van der Waals surface area contributed by atoms with E-state index in [1.165, 1.54) is 5.56 Å². The summed E-state index contributed by atoms with van der Waals surface area (Å²) in [5.74, 6) is -1.22. The molecule has 0 saturated carbocycles. The Balaban J connectivity index is 1.33. The number of hydrogen-bond donors (Lipinski definition) is 1. The summed E-state index contributed by atoms with van der Waals surface area (Å²) in [4.78, 5) is 28.1. The molecule has 2 aromatic rings. The van der Waals surface area contributed by atoms with E-state index in [-0.39, 0.29) is 17.9 Å². The molecule has 2 aromatic carbocycles. The molecule has 6 heteroatoms. The van der Waals surface area contributed by atoms with Crippen molar-refractivity contribution in [1.82, 2.24) is 4.90 Å². The first-order chi connectivity index (χ1) is 14.1. The Labute approximate surface area is 174 Å². The second-order valence-corrected chi connectivity index (χ2v) is 8.33. The van der Waals surface area contributed by atoms with Crippen molar-refractivity contribution in [3.05, 3.63) is 77.3 Å². The molecule has 2 saturated heterocycles. The van der Waals surface area contributed by atoms with Gasteiger partial charge < -0.3 is 15.0 Å². The van der Waals surface area contributed by atoms with Gasteiger partial charge in [-0.1, -0.05) is 60.2 Å². The van der Waals surface area contributed by atoms with Crippen LogP contribution in [0.3, 0.4) is 0 Å². The second kappa shape index (κ2) is 7.01. The SMILES string of the molecule is O=C(Nc1cccc(Cl)c1)[C@H]1[C@H]2C(=O)N(CCc3ccccc3)C[C@]23C=C[C@H]1O3. The van der Waals surface area contributed by atoms with Gasteiger partial charge in [0.1, 0.15) is 5.60 Å². The minimum Gasteiger partial charge on any atom is -0.360 e. The fourth-order valence-corrected chi connectivity index (χ4v) is 4.96. The van der Waals surface area contributed by atoms with E-state index in [1.54, 1.807) is 24.3 Å². The van der Waals surface area contributed by atoms with Crippen molar-refractivity contribution in [3.8, 4) is 0 Å². The lowest BCUT2D eigenvalue weighted by molar-refractivity contribution is -0.135. The zero-order valence-corrected chi connectivity index (χ0v) is 16.5. The number of nitrogens with zero attached hydrogens (tertiary/aromatic N) is 1. The molecule has 0 unspecified atom stereocenters. The van der Waals surface area contributed by atoms with E-state index < -0.39 is 17.4 Å². The van der Waals surface area contributed by atoms with Crippen LogP contribution in [0.25, 0.3) is 0 Å². The predicted octanol–water partition coefficient (Wildman–Crippen LogP) is 3.30. The maximum atomic E-state index is 13.2. The van der Waals surface area contributed by atoms with E-state index in [0.717, 1.165) is 6.42 Å². The number of rotatable bonds is 5. The number of benzene rings is 2. The van der Waals surface area contributed by atoms with Crippen molar-refractivity contribution in [2.45, 2.75) is 18.1 Å². The summed E-state index contributed by atoms with van der Waals surface area (Å²) < 4.78 is 6.17. The van der Waals surface area contributed by atoms with Crippen LogP contribution in [0.5, 0.6) is 0 Å². The summed E-state index contributed by atoms with van der Waals surface area (Å²) in [7, 11) is 0. The van der Waals surface area contributed by atoms with Gasteiger partial charge in [-0.2, -0.15) is 0 Å². The fourth-order valence-electron chi connectivity index (χ4n) is 4.77. The van der Waals surface area contributed by atoms with Gasteiger partial charge in [0.05, 0.1) is 24.5 Å². The van der Waals surface area contributed by atoms with Crippen molar-refractivity contribution in [1.29, 1.82) is 0 Å². The molecule has 1 spiro atoms. The average molecular weight is 409 g/mol. The maximum Gasteiger partial charge on any atom is 0.231 e. The molecule has 0 aromatic heterocycles. The highest BCUT2D eigenvalue weighted by Gasteiger charge is 2.66. The van der Waals surface area contributed by atoms with Gasteiger partial charge in [0.25, 0.3) is 0 Å². The number of hydrogen-bond acceptors (Lipinski definition) is 3. The molecule has 148 valence electrons. The normalized spacial score (nSPS) is 29.3. The van der Waals surface area contributed by atoms with E-state index >= 15 is 0 Å². The molecule has 29 heavy (non-hydrogen) atoms. The Hall–Kier alpha value is -2.63. The number of amides is 2. The highest BCUT2D eigenvalue weighted by Crippen LogP contribution is 2.52. The summed E-state index contributed by atoms with van der Waals surface area (Å²) in [6.45, 7) is 1.11. The van der Waals surface area contributed by atoms with E-state index in [1.807, 2.05) is 35.3 Å². The van der Waals surface area contributed by atoms with Crippen LogP contribution in [0.15, 0.2) is 66.7 Å². The number of nitrogens with one attached hydrogen (secondary N) is 1. The van der Waals surface area contributed by atoms with E-state index in [9.17, 15) is 9.59 Å². The number of likely N-dealkylation sites (tertiary alicyclic amines) is 1. The molecular formula is C23H21ClN2O3. The van der Waals surface area contributed by atoms with Crippen molar-refractivity contribution in [3.63, 3.8) is 0 Å². The summed E-state index contributed by atoms with van der Waals surface area (Å²) >= 11 is 6.02. The van der Waals surface area contributed by atoms with Gasteiger partial charge in [0, 0.05) is 17.3 Å². The first-order valence-corrected chi connectivity index (χ1v) is 10.2. The van der Waals surface area contributed by atoms with Crippen LogP contribution in [0.4, 0.5) is 5.69 Å².